The number of aliphatic carboxylic acids is 1. The van der Waals surface area contributed by atoms with Crippen LogP contribution in [0.25, 0.3) is 0 Å². The minimum Gasteiger partial charge on any atom is -0.508 e. The first-order valence-corrected chi connectivity index (χ1v) is 40.6. The lowest BCUT2D eigenvalue weighted by Gasteiger charge is -2.42. The standard InChI is InChI=1S/C30H37BrN2O3.C28H33BrN2O3.C15H20Br2.C15H18N2O3/c1-7-35-27(34)17-23(28-32-14-15-33(28)6)20-8-10-22(11-9-20)36-19-21-16-24-25(18-26(21)31)30(4,5)13-12-29(24,2)3;1-27(2)10-11-28(3,4)23-16-24(29)19(14-22(23)27)17-34-20-8-6-18(7-9-20)21(15-25(32)33)26-30-12-13-31(26)5;1-14(2)5-6-15(3,4)12-8-13(17)10(9-16)7-11(12)14;1-3-20-14(19)10-13(15-16-8-9-17(15)2)11-4-6-12(18)7-5-11/h8-11,14-16,18,23H,7,12-13,17,19H2,1-6H3;6-9,12-14,16,21H,10-11,15,17H2,1-5H3,(H,32,33);7-8H,5-6,9H2,1-4H3;4-9,13,18H,3,10H2,1-2H3/t23-;21-;;13-/m00.0/s1. The number of alkyl halides is 1. The first-order valence-electron chi connectivity index (χ1n) is 37.1. The lowest BCUT2D eigenvalue weighted by Crippen LogP contribution is -2.34. The van der Waals surface area contributed by atoms with E-state index in [1.54, 1.807) is 49.8 Å². The molecule has 0 unspecified atom stereocenters. The first kappa shape index (κ1) is 83.7. The fraction of sp³-hybridized carbons (Fsp3) is 0.455. The van der Waals surface area contributed by atoms with Gasteiger partial charge in [-0.3, -0.25) is 14.4 Å². The van der Waals surface area contributed by atoms with E-state index in [0.717, 1.165) is 71.1 Å². The Hall–Kier alpha value is -7.32. The number of esters is 2. The molecule has 107 heavy (non-hydrogen) atoms. The molecule has 3 heterocycles. The van der Waals surface area contributed by atoms with Crippen LogP contribution in [0.1, 0.15) is 257 Å². The monoisotopic (exact) mass is 1710 g/mol. The number of ether oxygens (including phenoxy) is 4. The van der Waals surface area contributed by atoms with Gasteiger partial charge in [0.05, 0.1) is 50.2 Å². The predicted octanol–water partition coefficient (Wildman–Crippen LogP) is 21.8. The van der Waals surface area contributed by atoms with Gasteiger partial charge in [0.25, 0.3) is 0 Å². The van der Waals surface area contributed by atoms with Gasteiger partial charge in [-0.25, -0.2) is 15.0 Å². The summed E-state index contributed by atoms with van der Waals surface area (Å²) in [6.07, 6.45) is 18.4. The minimum absolute atomic E-state index is 0.0146. The predicted molar refractivity (Wildman–Crippen MR) is 440 cm³/mol. The van der Waals surface area contributed by atoms with Gasteiger partial charge in [-0.15, -0.1) is 0 Å². The quantitative estimate of drug-likeness (QED) is 0.0514. The van der Waals surface area contributed by atoms with Crippen LogP contribution in [0.3, 0.4) is 0 Å². The number of carbonyl (C=O) groups excluding carboxylic acids is 2. The third-order valence-corrected chi connectivity index (χ3v) is 24.9. The number of carboxylic acids is 1. The maximum absolute atomic E-state index is 12.3. The summed E-state index contributed by atoms with van der Waals surface area (Å²) in [5.41, 5.74) is 16.5. The van der Waals surface area contributed by atoms with E-state index in [9.17, 15) is 24.6 Å². The van der Waals surface area contributed by atoms with Crippen molar-refractivity contribution in [1.29, 1.82) is 0 Å². The highest BCUT2D eigenvalue weighted by Gasteiger charge is 2.41. The van der Waals surface area contributed by atoms with Gasteiger partial charge in [-0.1, -0.05) is 201 Å². The smallest absolute Gasteiger partial charge is 0.306 e. The third-order valence-electron chi connectivity index (χ3n) is 22.1. The van der Waals surface area contributed by atoms with Gasteiger partial charge in [-0.2, -0.15) is 0 Å². The molecule has 2 N–H and O–H groups in total. The van der Waals surface area contributed by atoms with Crippen molar-refractivity contribution in [2.75, 3.05) is 13.2 Å². The van der Waals surface area contributed by atoms with Crippen LogP contribution < -0.4 is 9.47 Å². The van der Waals surface area contributed by atoms with E-state index in [0.29, 0.717) is 37.3 Å². The van der Waals surface area contributed by atoms with Crippen LogP contribution in [-0.2, 0) is 96.0 Å². The van der Waals surface area contributed by atoms with Crippen LogP contribution in [0.2, 0.25) is 0 Å². The van der Waals surface area contributed by atoms with Gasteiger partial charge < -0.3 is 42.9 Å². The number of nitrogens with zero attached hydrogens (tertiary/aromatic N) is 6. The van der Waals surface area contributed by atoms with E-state index in [1.807, 2.05) is 109 Å². The number of halogens is 4. The van der Waals surface area contributed by atoms with Crippen molar-refractivity contribution in [3.05, 3.63) is 244 Å². The Labute approximate surface area is 667 Å². The fourth-order valence-electron chi connectivity index (χ4n) is 15.0. The molecule has 12 rings (SSSR count). The van der Waals surface area contributed by atoms with Gasteiger partial charge in [0.2, 0.25) is 0 Å². The van der Waals surface area contributed by atoms with Crippen molar-refractivity contribution in [3.8, 4) is 17.2 Å². The van der Waals surface area contributed by atoms with Crippen molar-refractivity contribution < 1.29 is 43.5 Å². The van der Waals surface area contributed by atoms with Crippen LogP contribution >= 0.6 is 63.7 Å². The molecule has 572 valence electrons. The van der Waals surface area contributed by atoms with Crippen LogP contribution in [0, 0.1) is 0 Å². The van der Waals surface area contributed by atoms with Crippen LogP contribution in [0.4, 0.5) is 0 Å². The number of aromatic hydroxyl groups is 1. The molecule has 0 saturated heterocycles. The molecule has 0 fully saturated rings. The van der Waals surface area contributed by atoms with Crippen molar-refractivity contribution >= 4 is 81.6 Å². The molecule has 6 aromatic carbocycles. The molecule has 15 nitrogen and oxygen atoms in total. The second-order valence-electron chi connectivity index (χ2n) is 32.7. The average Bonchev–Trinajstić information content (AvgIpc) is 1.32. The summed E-state index contributed by atoms with van der Waals surface area (Å²) in [5.74, 6) is 2.09. The summed E-state index contributed by atoms with van der Waals surface area (Å²) >= 11 is 14.8. The number of phenols is 1. The maximum atomic E-state index is 12.3. The van der Waals surface area contributed by atoms with E-state index >= 15 is 0 Å². The third kappa shape index (κ3) is 20.6. The fourth-order valence-corrected chi connectivity index (χ4v) is 17.2. The summed E-state index contributed by atoms with van der Waals surface area (Å²) in [4.78, 5) is 48.7. The normalized spacial score (nSPS) is 16.7. The second-order valence-corrected chi connectivity index (χ2v) is 35.8. The highest BCUT2D eigenvalue weighted by molar-refractivity contribution is 9.11. The zero-order valence-corrected chi connectivity index (χ0v) is 71.8. The SMILES string of the molecule is CC1(C)CCC(C)(C)c2cc(CBr)c(Br)cc21.CCOC(=O)C[C@@H](c1ccc(O)cc1)c1nccn1C.CCOC(=O)C[C@@H](c1ccc(OCc2cc3c(cc2Br)C(C)(C)CCC3(C)C)cc1)c1nccn1C.Cn1ccnc1[C@@H](CC(=O)O)c1ccc(OCc2cc3c(cc2Br)C(C)(C)CCC3(C)C)cc1. The van der Waals surface area contributed by atoms with Gasteiger partial charge in [0.1, 0.15) is 47.9 Å². The Morgan fingerprint density at radius 1 is 0.430 bits per heavy atom. The molecule has 0 radical (unpaired) electrons. The Kier molecular flexibility index (Phi) is 27.5. The Bertz CT molecular complexity index is 4550. The van der Waals surface area contributed by atoms with E-state index in [2.05, 4.69) is 198 Å². The van der Waals surface area contributed by atoms with Gasteiger partial charge in [-0.05, 0) is 195 Å². The number of aryl methyl sites for hydroxylation is 3. The largest absolute Gasteiger partial charge is 0.508 e. The minimum atomic E-state index is -0.850. The number of fused-ring (bicyclic) bond motifs is 3. The highest BCUT2D eigenvalue weighted by atomic mass is 79.9. The number of imidazole rings is 3. The molecule has 19 heteroatoms. The number of hydrogen-bond donors (Lipinski definition) is 2. The second kappa shape index (κ2) is 35.1. The van der Waals surface area contributed by atoms with Crippen molar-refractivity contribution in [2.45, 2.75) is 224 Å². The molecule has 9 aromatic rings. The van der Waals surface area contributed by atoms with E-state index in [4.69, 9.17) is 18.9 Å². The number of benzene rings is 6. The number of rotatable bonds is 21. The molecule has 3 aliphatic rings. The van der Waals surface area contributed by atoms with Gasteiger partial charge in [0, 0.05) is 88.2 Å². The number of carbonyl (C=O) groups is 3. The summed E-state index contributed by atoms with van der Waals surface area (Å²) in [7, 11) is 5.71. The van der Waals surface area contributed by atoms with Gasteiger partial charge in [0.15, 0.2) is 0 Å². The average molecular weight is 1710 g/mol. The van der Waals surface area contributed by atoms with Gasteiger partial charge >= 0.3 is 17.9 Å². The van der Waals surface area contributed by atoms with Crippen LogP contribution in [0.15, 0.2) is 160 Å². The molecule has 3 aromatic heterocycles. The zero-order chi connectivity index (χ0) is 78.1. The topological polar surface area (TPSA) is 182 Å². The lowest BCUT2D eigenvalue weighted by atomic mass is 9.63. The van der Waals surface area contributed by atoms with Crippen molar-refractivity contribution in [2.24, 2.45) is 21.1 Å². The number of aromatic nitrogens is 6. The highest BCUT2D eigenvalue weighted by Crippen LogP contribution is 2.51. The summed E-state index contributed by atoms with van der Waals surface area (Å²) in [6, 6.07) is 36.4. The summed E-state index contributed by atoms with van der Waals surface area (Å²) < 4.78 is 31.7. The van der Waals surface area contributed by atoms with Crippen molar-refractivity contribution in [1.82, 2.24) is 28.7 Å². The number of hydrogen-bond acceptors (Lipinski definition) is 11. The first-order chi connectivity index (χ1) is 50.4. The molecular formula is C88H108Br4N6O9. The summed E-state index contributed by atoms with van der Waals surface area (Å²) in [5, 5.41) is 19.7. The Morgan fingerprint density at radius 2 is 0.701 bits per heavy atom. The lowest BCUT2D eigenvalue weighted by molar-refractivity contribution is -0.144. The van der Waals surface area contributed by atoms with E-state index in [1.165, 1.54) is 81.9 Å². The molecule has 0 bridgehead atoms. The summed E-state index contributed by atoms with van der Waals surface area (Å²) in [6.45, 7) is 33.4. The number of phenolic OH excluding ortho intramolecular Hbond substituents is 1. The molecule has 3 atom stereocenters. The molecule has 0 amide bonds. The Morgan fingerprint density at radius 3 is 0.972 bits per heavy atom. The molecule has 0 aliphatic heterocycles. The van der Waals surface area contributed by atoms with E-state index < -0.39 is 5.97 Å². The number of carboxylic acid groups (broad SMARTS) is 1. The van der Waals surface area contributed by atoms with E-state index in [-0.39, 0.29) is 76.4 Å². The van der Waals surface area contributed by atoms with Crippen molar-refractivity contribution in [3.63, 3.8) is 0 Å². The zero-order valence-electron chi connectivity index (χ0n) is 65.4. The van der Waals surface area contributed by atoms with Crippen LogP contribution in [-0.4, -0.2) is 70.0 Å². The van der Waals surface area contributed by atoms with Crippen LogP contribution in [0.5, 0.6) is 17.2 Å². The molecule has 0 spiro atoms. The maximum Gasteiger partial charge on any atom is 0.306 e. The molecular weight excluding hydrogens is 1600 g/mol. The Balaban J connectivity index is 0.000000172. The molecule has 3 aliphatic carbocycles. The molecule has 0 saturated carbocycles.